The number of Topliss-reactive ketones (excluding diaryl/α,β-unsaturated/α-hetero) is 1. The molecule has 0 bridgehead atoms. The summed E-state index contributed by atoms with van der Waals surface area (Å²) in [5, 5.41) is 11.4. The molecule has 2 atom stereocenters. The van der Waals surface area contributed by atoms with Gasteiger partial charge in [0, 0.05) is 29.3 Å². The molecule has 2 aliphatic rings. The van der Waals surface area contributed by atoms with E-state index in [-0.39, 0.29) is 40.9 Å². The molecule has 0 saturated heterocycles. The number of hydrogen-bond acceptors (Lipinski definition) is 8. The highest BCUT2D eigenvalue weighted by atomic mass is 19.4. The lowest BCUT2D eigenvalue weighted by atomic mass is 9.84. The highest BCUT2D eigenvalue weighted by Gasteiger charge is 2.57. The van der Waals surface area contributed by atoms with E-state index in [0.717, 1.165) is 12.1 Å². The van der Waals surface area contributed by atoms with Crippen LogP contribution < -0.4 is 18.9 Å². The molecule has 8 nitrogen and oxygen atoms in total. The SMILES string of the molecule is CCCOc1c(OC)cc(C(=O)CCC(O)(c2cc3c(c(-c4ccc(F)cc4)n2)OCC32CCC=N2)C(F)(F)F)cc1OC. The van der Waals surface area contributed by atoms with Gasteiger partial charge in [-0.2, -0.15) is 13.2 Å². The number of rotatable bonds is 11. The zero-order valence-corrected chi connectivity index (χ0v) is 24.5. The third-order valence-electron chi connectivity index (χ3n) is 7.91. The molecule has 0 radical (unpaired) electrons. The molecule has 0 saturated carbocycles. The van der Waals surface area contributed by atoms with Gasteiger partial charge >= 0.3 is 6.18 Å². The van der Waals surface area contributed by atoms with Crippen molar-refractivity contribution in [1.29, 1.82) is 0 Å². The Labute approximate surface area is 251 Å². The molecule has 2 aromatic carbocycles. The minimum atomic E-state index is -5.21. The average Bonchev–Trinajstić information content (AvgIpc) is 3.64. The Hall–Kier alpha value is -4.19. The van der Waals surface area contributed by atoms with Crippen LogP contribution in [0.4, 0.5) is 17.6 Å². The second-order valence-corrected chi connectivity index (χ2v) is 10.7. The summed E-state index contributed by atoms with van der Waals surface area (Å²) in [6.45, 7) is 2.34. The quantitative estimate of drug-likeness (QED) is 0.193. The molecule has 1 spiro atoms. The summed E-state index contributed by atoms with van der Waals surface area (Å²) in [7, 11) is 2.74. The molecular weight excluding hydrogens is 584 g/mol. The van der Waals surface area contributed by atoms with Gasteiger partial charge in [-0.25, -0.2) is 9.37 Å². The first-order chi connectivity index (χ1) is 21.0. The molecule has 2 unspecified atom stereocenters. The van der Waals surface area contributed by atoms with E-state index in [9.17, 15) is 27.5 Å². The maximum absolute atomic E-state index is 14.8. The van der Waals surface area contributed by atoms with Gasteiger partial charge in [-0.1, -0.05) is 6.92 Å². The van der Waals surface area contributed by atoms with Gasteiger partial charge < -0.3 is 24.1 Å². The number of carbonyl (C=O) groups is 1. The van der Waals surface area contributed by atoms with E-state index in [1.165, 1.54) is 44.6 Å². The lowest BCUT2D eigenvalue weighted by Gasteiger charge is -2.31. The van der Waals surface area contributed by atoms with Crippen molar-refractivity contribution in [3.8, 4) is 34.3 Å². The number of aliphatic hydroxyl groups is 1. The summed E-state index contributed by atoms with van der Waals surface area (Å²) >= 11 is 0. The molecule has 1 aromatic heterocycles. The van der Waals surface area contributed by atoms with Crippen LogP contribution in [0.3, 0.4) is 0 Å². The third-order valence-corrected chi connectivity index (χ3v) is 7.91. The Kier molecular flexibility index (Phi) is 8.57. The lowest BCUT2D eigenvalue weighted by Crippen LogP contribution is -2.43. The number of alkyl halides is 3. The number of halogens is 4. The Balaban J connectivity index is 1.54. The van der Waals surface area contributed by atoms with Crippen molar-refractivity contribution in [3.63, 3.8) is 0 Å². The maximum Gasteiger partial charge on any atom is 0.422 e. The van der Waals surface area contributed by atoms with Gasteiger partial charge in [-0.3, -0.25) is 9.79 Å². The Morgan fingerprint density at radius 2 is 1.77 bits per heavy atom. The fourth-order valence-electron chi connectivity index (χ4n) is 5.47. The van der Waals surface area contributed by atoms with Gasteiger partial charge in [-0.05, 0) is 68.1 Å². The number of aliphatic imine (C=N–C) groups is 1. The van der Waals surface area contributed by atoms with Crippen LogP contribution in [0.5, 0.6) is 23.0 Å². The van der Waals surface area contributed by atoms with Gasteiger partial charge in [0.05, 0.1) is 26.5 Å². The Bertz CT molecular complexity index is 1550. The lowest BCUT2D eigenvalue weighted by molar-refractivity contribution is -0.270. The first-order valence-corrected chi connectivity index (χ1v) is 14.2. The zero-order valence-electron chi connectivity index (χ0n) is 24.5. The maximum atomic E-state index is 14.8. The van der Waals surface area contributed by atoms with Crippen LogP contribution in [0.15, 0.2) is 47.5 Å². The average molecular weight is 617 g/mol. The molecule has 3 aromatic rings. The van der Waals surface area contributed by atoms with Gasteiger partial charge in [0.1, 0.15) is 23.7 Å². The monoisotopic (exact) mass is 616 g/mol. The number of nitrogens with zero attached hydrogens (tertiary/aromatic N) is 2. The van der Waals surface area contributed by atoms with Crippen molar-refractivity contribution < 1.29 is 46.4 Å². The number of hydrogen-bond donors (Lipinski definition) is 1. The first-order valence-electron chi connectivity index (χ1n) is 14.2. The van der Waals surface area contributed by atoms with Gasteiger partial charge in [0.15, 0.2) is 23.0 Å². The summed E-state index contributed by atoms with van der Waals surface area (Å²) < 4.78 is 80.4. The molecule has 12 heteroatoms. The van der Waals surface area contributed by atoms with Crippen molar-refractivity contribution >= 4 is 12.0 Å². The number of aromatic nitrogens is 1. The van der Waals surface area contributed by atoms with E-state index in [0.29, 0.717) is 37.0 Å². The molecule has 5 rings (SSSR count). The second-order valence-electron chi connectivity index (χ2n) is 10.7. The topological polar surface area (TPSA) is 99.5 Å². The van der Waals surface area contributed by atoms with Crippen LogP contribution in [0.25, 0.3) is 11.3 Å². The minimum Gasteiger partial charge on any atom is -0.493 e. The van der Waals surface area contributed by atoms with Crippen LogP contribution in [-0.2, 0) is 11.1 Å². The molecule has 0 fully saturated rings. The summed E-state index contributed by atoms with van der Waals surface area (Å²) in [6.07, 6.45) is -3.46. The standard InChI is InChI=1S/C32H32F4N2O6/c1-4-14-43-29-24(41-2)15-20(16-25(29)42-3)23(39)10-12-31(40,32(34,35)36)26-17-22-28(44-18-30(22)11-5-13-37-30)27(38-26)19-6-8-21(33)9-7-19/h6-9,13,15-17,40H,4-5,10-12,14,18H2,1-3H3. The molecule has 44 heavy (non-hydrogen) atoms. The smallest absolute Gasteiger partial charge is 0.422 e. The van der Waals surface area contributed by atoms with Crippen molar-refractivity contribution in [1.82, 2.24) is 4.98 Å². The molecule has 0 amide bonds. The highest BCUT2D eigenvalue weighted by molar-refractivity contribution is 5.97. The van der Waals surface area contributed by atoms with Crippen molar-refractivity contribution in [2.24, 2.45) is 4.99 Å². The summed E-state index contributed by atoms with van der Waals surface area (Å²) in [5.74, 6) is -0.377. The summed E-state index contributed by atoms with van der Waals surface area (Å²) in [4.78, 5) is 22.1. The molecule has 0 aliphatic carbocycles. The van der Waals surface area contributed by atoms with Gasteiger partial charge in [-0.15, -0.1) is 0 Å². The van der Waals surface area contributed by atoms with Crippen LogP contribution in [0, 0.1) is 5.82 Å². The van der Waals surface area contributed by atoms with Crippen molar-refractivity contribution in [3.05, 3.63) is 65.1 Å². The van der Waals surface area contributed by atoms with Crippen molar-refractivity contribution in [2.45, 2.75) is 56.3 Å². The largest absolute Gasteiger partial charge is 0.493 e. The Morgan fingerprint density at radius 1 is 1.09 bits per heavy atom. The number of carbonyl (C=O) groups excluding carboxylic acids is 1. The number of pyridine rings is 1. The number of ketones is 1. The van der Waals surface area contributed by atoms with Gasteiger partial charge in [0.2, 0.25) is 11.4 Å². The Morgan fingerprint density at radius 3 is 2.34 bits per heavy atom. The number of ether oxygens (including phenoxy) is 4. The van der Waals surface area contributed by atoms with E-state index < -0.39 is 47.5 Å². The van der Waals surface area contributed by atoms with Crippen LogP contribution >= 0.6 is 0 Å². The van der Waals surface area contributed by atoms with E-state index >= 15 is 0 Å². The van der Waals surface area contributed by atoms with Crippen LogP contribution in [0.2, 0.25) is 0 Å². The fraction of sp³-hybridized carbons (Fsp3) is 0.406. The van der Waals surface area contributed by atoms with E-state index in [1.807, 2.05) is 6.92 Å². The molecule has 234 valence electrons. The number of fused-ring (bicyclic) bond motifs is 2. The normalized spacial score (nSPS) is 18.5. The fourth-order valence-corrected chi connectivity index (χ4v) is 5.47. The van der Waals surface area contributed by atoms with Crippen LogP contribution in [-0.4, -0.2) is 55.7 Å². The van der Waals surface area contributed by atoms with Crippen LogP contribution in [0.1, 0.15) is 60.6 Å². The van der Waals surface area contributed by atoms with E-state index in [4.69, 9.17) is 18.9 Å². The van der Waals surface area contributed by atoms with Crippen molar-refractivity contribution in [2.75, 3.05) is 27.4 Å². The predicted octanol–water partition coefficient (Wildman–Crippen LogP) is 6.56. The minimum absolute atomic E-state index is 0.0163. The zero-order chi connectivity index (χ0) is 31.7. The molecule has 2 aliphatic heterocycles. The van der Waals surface area contributed by atoms with Gasteiger partial charge in [0.25, 0.3) is 0 Å². The second kappa shape index (κ2) is 12.1. The number of benzene rings is 2. The first kappa shape index (κ1) is 31.2. The molecule has 3 heterocycles. The molecule has 1 N–H and O–H groups in total. The summed E-state index contributed by atoms with van der Waals surface area (Å²) in [6, 6.07) is 8.96. The summed E-state index contributed by atoms with van der Waals surface area (Å²) in [5.41, 5.74) is -4.47. The number of methoxy groups -OCH3 is 2. The van der Waals surface area contributed by atoms with E-state index in [1.54, 1.807) is 6.21 Å². The third kappa shape index (κ3) is 5.58. The van der Waals surface area contributed by atoms with E-state index in [2.05, 4.69) is 9.98 Å². The molecular formula is C32H32F4N2O6. The predicted molar refractivity (Wildman–Crippen MR) is 153 cm³/mol. The highest BCUT2D eigenvalue weighted by Crippen LogP contribution is 2.52.